The van der Waals surface area contributed by atoms with Gasteiger partial charge in [-0.3, -0.25) is 9.59 Å². The molecule has 41 heavy (non-hydrogen) atoms. The van der Waals surface area contributed by atoms with Gasteiger partial charge in [0.15, 0.2) is 6.61 Å². The van der Waals surface area contributed by atoms with Crippen LogP contribution in [0, 0.1) is 5.92 Å². The predicted molar refractivity (Wildman–Crippen MR) is 152 cm³/mol. The molecule has 2 aliphatic rings. The van der Waals surface area contributed by atoms with Gasteiger partial charge in [0.1, 0.15) is 5.75 Å². The number of benzene rings is 3. The van der Waals surface area contributed by atoms with Crippen molar-refractivity contribution in [1.29, 1.82) is 0 Å². The maximum atomic E-state index is 13.4. The van der Waals surface area contributed by atoms with Crippen molar-refractivity contribution in [3.05, 3.63) is 101 Å². The number of para-hydroxylation sites is 1. The number of methoxy groups -OCH3 is 1. The number of nitrogens with one attached hydrogen (secondary N) is 1. The van der Waals surface area contributed by atoms with E-state index >= 15 is 0 Å². The van der Waals surface area contributed by atoms with Crippen LogP contribution in [-0.4, -0.2) is 47.5 Å². The Morgan fingerprint density at radius 1 is 1.02 bits per heavy atom. The molecule has 5 rings (SSSR count). The highest BCUT2D eigenvalue weighted by Crippen LogP contribution is 2.38. The Labute approximate surface area is 238 Å². The topological polar surface area (TPSA) is 118 Å². The number of hydrogen-bond acceptors (Lipinski definition) is 6. The summed E-state index contributed by atoms with van der Waals surface area (Å²) in [7, 11) is 1.57. The highest BCUT2D eigenvalue weighted by molar-refractivity contribution is 6.00. The summed E-state index contributed by atoms with van der Waals surface area (Å²) in [6, 6.07) is 21.7. The van der Waals surface area contributed by atoms with Gasteiger partial charge in [-0.25, -0.2) is 9.80 Å². The zero-order valence-corrected chi connectivity index (χ0v) is 22.9. The third-order valence-corrected chi connectivity index (χ3v) is 7.66. The monoisotopic (exact) mass is 555 g/mol. The summed E-state index contributed by atoms with van der Waals surface area (Å²) in [5, 5.41) is 18.0. The van der Waals surface area contributed by atoms with E-state index in [1.54, 1.807) is 31.4 Å². The van der Waals surface area contributed by atoms with Crippen LogP contribution < -0.4 is 10.1 Å². The Morgan fingerprint density at radius 3 is 2.39 bits per heavy atom. The minimum Gasteiger partial charge on any atom is -0.496 e. The van der Waals surface area contributed by atoms with E-state index < -0.39 is 5.97 Å². The summed E-state index contributed by atoms with van der Waals surface area (Å²) in [5.74, 6) is -0.359. The molecule has 0 radical (unpaired) electrons. The van der Waals surface area contributed by atoms with Crippen molar-refractivity contribution in [3.63, 3.8) is 0 Å². The highest BCUT2D eigenvalue weighted by atomic mass is 16.5. The fraction of sp³-hybridized carbons (Fsp3) is 0.312. The molecule has 1 heterocycles. The summed E-state index contributed by atoms with van der Waals surface area (Å²) < 4.78 is 11.0. The third kappa shape index (κ3) is 6.57. The Balaban J connectivity index is 1.29. The van der Waals surface area contributed by atoms with Crippen LogP contribution in [0.3, 0.4) is 0 Å². The van der Waals surface area contributed by atoms with Gasteiger partial charge >= 0.3 is 5.97 Å². The number of aromatic carboxylic acids is 1. The summed E-state index contributed by atoms with van der Waals surface area (Å²) in [6.07, 6.45) is 4.20. The molecule has 9 heteroatoms. The van der Waals surface area contributed by atoms with E-state index in [4.69, 9.17) is 14.6 Å². The normalized spacial score (nSPS) is 16.1. The zero-order chi connectivity index (χ0) is 28.8. The standard InChI is InChI=1S/C32H33N3O6/c1-40-27-9-5-4-8-26(27)31-34-35(28(36)20-41-31)19-22-12-14-24(15-13-22)29(23-6-2-3-7-23)30(37)33-18-21-10-16-25(17-11-21)32(38)39/h4-5,8-17,23,29H,2-3,6-7,18-20H2,1H3,(H,33,37)(H,38,39). The molecule has 2 amide bonds. The molecule has 1 aliphatic carbocycles. The second-order valence-corrected chi connectivity index (χ2v) is 10.3. The van der Waals surface area contributed by atoms with Crippen LogP contribution in [0.2, 0.25) is 0 Å². The van der Waals surface area contributed by atoms with Crippen LogP contribution in [-0.2, 0) is 27.4 Å². The molecule has 212 valence electrons. The van der Waals surface area contributed by atoms with Crippen LogP contribution in [0.1, 0.15) is 64.2 Å². The van der Waals surface area contributed by atoms with Crippen molar-refractivity contribution < 1.29 is 29.0 Å². The molecule has 3 aromatic rings. The third-order valence-electron chi connectivity index (χ3n) is 7.66. The van der Waals surface area contributed by atoms with E-state index in [1.807, 2.05) is 48.5 Å². The number of carbonyl (C=O) groups excluding carboxylic acids is 2. The highest BCUT2D eigenvalue weighted by Gasteiger charge is 2.32. The molecule has 0 spiro atoms. The van der Waals surface area contributed by atoms with Gasteiger partial charge in [-0.1, -0.05) is 61.4 Å². The Hall–Kier alpha value is -4.66. The van der Waals surface area contributed by atoms with Crippen LogP contribution in [0.4, 0.5) is 0 Å². The number of ether oxygens (including phenoxy) is 2. The number of carbonyl (C=O) groups is 3. The number of amides is 2. The molecule has 9 nitrogen and oxygen atoms in total. The minimum absolute atomic E-state index is 0.0404. The van der Waals surface area contributed by atoms with Gasteiger partial charge in [0.05, 0.1) is 30.7 Å². The Morgan fingerprint density at radius 2 is 1.71 bits per heavy atom. The first kappa shape index (κ1) is 27.9. The average Bonchev–Trinajstić information content (AvgIpc) is 3.53. The summed E-state index contributed by atoms with van der Waals surface area (Å²) in [4.78, 5) is 37.2. The molecular weight excluding hydrogens is 522 g/mol. The fourth-order valence-electron chi connectivity index (χ4n) is 5.47. The van der Waals surface area contributed by atoms with Gasteiger partial charge in [0.25, 0.3) is 5.91 Å². The molecule has 3 aromatic carbocycles. The van der Waals surface area contributed by atoms with Gasteiger partial charge in [-0.2, -0.15) is 0 Å². The van der Waals surface area contributed by atoms with Crippen molar-refractivity contribution in [3.8, 4) is 5.75 Å². The molecule has 1 saturated carbocycles. The van der Waals surface area contributed by atoms with E-state index in [0.717, 1.165) is 42.4 Å². The van der Waals surface area contributed by atoms with Gasteiger partial charge in [0.2, 0.25) is 11.8 Å². The van der Waals surface area contributed by atoms with Crippen molar-refractivity contribution in [2.75, 3.05) is 13.7 Å². The summed E-state index contributed by atoms with van der Waals surface area (Å²) in [5.41, 5.74) is 3.55. The molecule has 0 aromatic heterocycles. The molecule has 1 fully saturated rings. The Kier molecular flexibility index (Phi) is 8.62. The lowest BCUT2D eigenvalue weighted by Crippen LogP contribution is -2.36. The van der Waals surface area contributed by atoms with E-state index in [2.05, 4.69) is 10.4 Å². The first-order chi connectivity index (χ1) is 19.9. The van der Waals surface area contributed by atoms with Crippen LogP contribution in [0.15, 0.2) is 77.9 Å². The van der Waals surface area contributed by atoms with Crippen molar-refractivity contribution in [2.24, 2.45) is 11.0 Å². The molecule has 1 aliphatic heterocycles. The second-order valence-electron chi connectivity index (χ2n) is 10.3. The largest absolute Gasteiger partial charge is 0.496 e. The van der Waals surface area contributed by atoms with Crippen LogP contribution >= 0.6 is 0 Å². The minimum atomic E-state index is -0.980. The van der Waals surface area contributed by atoms with Crippen LogP contribution in [0.5, 0.6) is 5.75 Å². The lowest BCUT2D eigenvalue weighted by molar-refractivity contribution is -0.136. The number of hydrazone groups is 1. The fourth-order valence-corrected chi connectivity index (χ4v) is 5.47. The van der Waals surface area contributed by atoms with Gasteiger partial charge in [-0.05, 0) is 59.7 Å². The molecule has 1 unspecified atom stereocenters. The quantitative estimate of drug-likeness (QED) is 0.374. The number of rotatable bonds is 10. The maximum Gasteiger partial charge on any atom is 0.335 e. The van der Waals surface area contributed by atoms with Crippen molar-refractivity contribution >= 4 is 23.7 Å². The molecular formula is C32H33N3O6. The smallest absolute Gasteiger partial charge is 0.335 e. The van der Waals surface area contributed by atoms with Gasteiger partial charge < -0.3 is 19.9 Å². The predicted octanol–water partition coefficient (Wildman–Crippen LogP) is 4.70. The maximum absolute atomic E-state index is 13.4. The zero-order valence-electron chi connectivity index (χ0n) is 22.9. The van der Waals surface area contributed by atoms with Crippen molar-refractivity contribution in [2.45, 2.75) is 44.7 Å². The summed E-state index contributed by atoms with van der Waals surface area (Å²) in [6.45, 7) is 0.484. The molecule has 1 atom stereocenters. The molecule has 0 bridgehead atoms. The average molecular weight is 556 g/mol. The molecule has 2 N–H and O–H groups in total. The van der Waals surface area contributed by atoms with Crippen LogP contribution in [0.25, 0.3) is 0 Å². The number of carboxylic acid groups (broad SMARTS) is 1. The van der Waals surface area contributed by atoms with E-state index in [0.29, 0.717) is 23.8 Å². The Bertz CT molecular complexity index is 1430. The first-order valence-corrected chi connectivity index (χ1v) is 13.8. The SMILES string of the molecule is COc1ccccc1C1=NN(Cc2ccc(C(C(=O)NCc3ccc(C(=O)O)cc3)C3CCCC3)cc2)C(=O)CO1. The number of carboxylic acids is 1. The lowest BCUT2D eigenvalue weighted by Gasteiger charge is -2.25. The lowest BCUT2D eigenvalue weighted by atomic mass is 9.83. The number of hydrogen-bond donors (Lipinski definition) is 2. The van der Waals surface area contributed by atoms with Gasteiger partial charge in [0, 0.05) is 6.54 Å². The van der Waals surface area contributed by atoms with Gasteiger partial charge in [-0.15, -0.1) is 5.10 Å². The van der Waals surface area contributed by atoms with E-state index in [9.17, 15) is 14.4 Å². The first-order valence-electron chi connectivity index (χ1n) is 13.8. The second kappa shape index (κ2) is 12.7. The van der Waals surface area contributed by atoms with E-state index in [-0.39, 0.29) is 42.4 Å². The summed E-state index contributed by atoms with van der Waals surface area (Å²) >= 11 is 0. The van der Waals surface area contributed by atoms with E-state index in [1.165, 1.54) is 5.01 Å². The number of nitrogens with zero attached hydrogens (tertiary/aromatic N) is 2. The van der Waals surface area contributed by atoms with Crippen molar-refractivity contribution in [1.82, 2.24) is 10.3 Å². The molecule has 0 saturated heterocycles.